The second-order valence-electron chi connectivity index (χ2n) is 8.21. The summed E-state index contributed by atoms with van der Waals surface area (Å²) >= 11 is 3.43. The molecule has 11 heteroatoms. The Morgan fingerprint density at radius 1 is 1.11 bits per heavy atom. The third kappa shape index (κ3) is 7.11. The van der Waals surface area contributed by atoms with Crippen molar-refractivity contribution in [2.24, 2.45) is 0 Å². The van der Waals surface area contributed by atoms with Crippen molar-refractivity contribution in [2.75, 3.05) is 37.4 Å². The molecule has 2 aromatic rings. The lowest BCUT2D eigenvalue weighted by Gasteiger charge is -2.29. The Labute approximate surface area is 214 Å². The molecule has 1 N–H and O–H groups in total. The summed E-state index contributed by atoms with van der Waals surface area (Å²) in [6, 6.07) is 11.8. The van der Waals surface area contributed by atoms with Crippen LogP contribution in [0.3, 0.4) is 0 Å². The number of ether oxygens (including phenoxy) is 2. The van der Waals surface area contributed by atoms with Crippen LogP contribution in [0.25, 0.3) is 0 Å². The molecule has 0 saturated heterocycles. The van der Waals surface area contributed by atoms with Gasteiger partial charge in [0.15, 0.2) is 11.5 Å². The maximum absolute atomic E-state index is 13.2. The van der Waals surface area contributed by atoms with E-state index in [0.29, 0.717) is 30.4 Å². The van der Waals surface area contributed by atoms with Crippen molar-refractivity contribution in [3.8, 4) is 11.5 Å². The largest absolute Gasteiger partial charge is 0.486 e. The molecule has 0 saturated carbocycles. The number of likely N-dealkylation sites (N-methyl/N-ethyl adjacent to an activating group) is 1. The summed E-state index contributed by atoms with van der Waals surface area (Å²) in [4.78, 5) is 27.0. The SMILES string of the molecule is CNC(=O)[C@@H](C)N(Cc1cccc(Br)c1)C(=O)CCCN(c1ccc2c(c1)OCCO2)S(C)(=O)=O. The van der Waals surface area contributed by atoms with E-state index in [1.54, 1.807) is 25.1 Å². The van der Waals surface area contributed by atoms with Gasteiger partial charge in [-0.3, -0.25) is 13.9 Å². The molecule has 1 atom stereocenters. The zero-order chi connectivity index (χ0) is 25.6. The molecule has 35 heavy (non-hydrogen) atoms. The zero-order valence-electron chi connectivity index (χ0n) is 20.0. The lowest BCUT2D eigenvalue weighted by Crippen LogP contribution is -2.46. The molecule has 0 aliphatic carbocycles. The highest BCUT2D eigenvalue weighted by molar-refractivity contribution is 9.10. The number of sulfonamides is 1. The first-order chi connectivity index (χ1) is 16.6. The summed E-state index contributed by atoms with van der Waals surface area (Å²) in [7, 11) is -2.08. The van der Waals surface area contributed by atoms with Crippen LogP contribution in [-0.4, -0.2) is 64.2 Å². The number of amides is 2. The number of benzene rings is 2. The minimum Gasteiger partial charge on any atom is -0.486 e. The minimum absolute atomic E-state index is 0.0753. The Balaban J connectivity index is 1.72. The van der Waals surface area contributed by atoms with Gasteiger partial charge in [0.25, 0.3) is 0 Å². The van der Waals surface area contributed by atoms with Crippen LogP contribution in [0.15, 0.2) is 46.9 Å². The van der Waals surface area contributed by atoms with Crippen LogP contribution in [-0.2, 0) is 26.2 Å². The normalized spacial score (nSPS) is 13.6. The van der Waals surface area contributed by atoms with Crippen molar-refractivity contribution in [3.05, 3.63) is 52.5 Å². The molecule has 0 aromatic heterocycles. The molecule has 0 fully saturated rings. The Hall–Kier alpha value is -2.79. The molecule has 190 valence electrons. The van der Waals surface area contributed by atoms with Crippen LogP contribution in [0.5, 0.6) is 11.5 Å². The molecule has 9 nitrogen and oxygen atoms in total. The number of nitrogens with one attached hydrogen (secondary N) is 1. The summed E-state index contributed by atoms with van der Waals surface area (Å²) in [5.74, 6) is 0.534. The van der Waals surface area contributed by atoms with E-state index >= 15 is 0 Å². The van der Waals surface area contributed by atoms with E-state index in [1.165, 1.54) is 16.3 Å². The highest BCUT2D eigenvalue weighted by Gasteiger charge is 2.26. The van der Waals surface area contributed by atoms with Crippen molar-refractivity contribution in [3.63, 3.8) is 0 Å². The van der Waals surface area contributed by atoms with Gasteiger partial charge in [0, 0.05) is 37.1 Å². The number of carbonyl (C=O) groups is 2. The van der Waals surface area contributed by atoms with Crippen LogP contribution < -0.4 is 19.1 Å². The lowest BCUT2D eigenvalue weighted by molar-refractivity contribution is -0.140. The first kappa shape index (κ1) is 26.8. The van der Waals surface area contributed by atoms with Crippen molar-refractivity contribution in [1.82, 2.24) is 10.2 Å². The monoisotopic (exact) mass is 567 g/mol. The Kier molecular flexibility index (Phi) is 9.01. The summed E-state index contributed by atoms with van der Waals surface area (Å²) in [5.41, 5.74) is 1.31. The summed E-state index contributed by atoms with van der Waals surface area (Å²) in [6.07, 6.45) is 1.47. The van der Waals surface area contributed by atoms with Crippen molar-refractivity contribution >= 4 is 43.5 Å². The summed E-state index contributed by atoms with van der Waals surface area (Å²) < 4.78 is 38.3. The number of fused-ring (bicyclic) bond motifs is 1. The van der Waals surface area contributed by atoms with Crippen LogP contribution in [0, 0.1) is 0 Å². The number of hydrogen-bond acceptors (Lipinski definition) is 6. The van der Waals surface area contributed by atoms with Gasteiger partial charge in [-0.05, 0) is 43.2 Å². The number of nitrogens with zero attached hydrogens (tertiary/aromatic N) is 2. The van der Waals surface area contributed by atoms with Gasteiger partial charge in [-0.1, -0.05) is 28.1 Å². The third-order valence-electron chi connectivity index (χ3n) is 5.62. The smallest absolute Gasteiger partial charge is 0.242 e. The van der Waals surface area contributed by atoms with E-state index in [4.69, 9.17) is 9.47 Å². The number of carbonyl (C=O) groups excluding carboxylic acids is 2. The summed E-state index contributed by atoms with van der Waals surface area (Å²) in [5, 5.41) is 2.59. The molecule has 1 aliphatic heterocycles. The van der Waals surface area contributed by atoms with Crippen LogP contribution in [0.1, 0.15) is 25.3 Å². The Bertz CT molecular complexity index is 1170. The average molecular weight is 568 g/mol. The minimum atomic E-state index is -3.61. The van der Waals surface area contributed by atoms with Crippen LogP contribution in [0.4, 0.5) is 5.69 Å². The topological polar surface area (TPSA) is 105 Å². The van der Waals surface area contributed by atoms with Crippen molar-refractivity contribution in [2.45, 2.75) is 32.4 Å². The molecule has 3 rings (SSSR count). The average Bonchev–Trinajstić information content (AvgIpc) is 2.83. The number of halogens is 1. The fraction of sp³-hybridized carbons (Fsp3) is 0.417. The quantitative estimate of drug-likeness (QED) is 0.473. The standard InChI is InChI=1S/C24H30BrN3O6S/c1-17(24(30)26-2)27(16-18-6-4-7-19(25)14-18)23(29)8-5-11-28(35(3,31)32)20-9-10-21-22(15-20)34-13-12-33-21/h4,6-7,9-10,14-15,17H,5,8,11-13,16H2,1-3H3,(H,26,30)/t17-/m1/s1. The van der Waals surface area contributed by atoms with E-state index in [9.17, 15) is 18.0 Å². The Morgan fingerprint density at radius 2 is 1.83 bits per heavy atom. The van der Waals surface area contributed by atoms with Crippen molar-refractivity contribution < 1.29 is 27.5 Å². The molecule has 1 heterocycles. The molecule has 0 bridgehead atoms. The van der Waals surface area contributed by atoms with E-state index in [2.05, 4.69) is 21.2 Å². The predicted molar refractivity (Wildman–Crippen MR) is 137 cm³/mol. The summed E-state index contributed by atoms with van der Waals surface area (Å²) in [6.45, 7) is 2.86. The highest BCUT2D eigenvalue weighted by atomic mass is 79.9. The predicted octanol–water partition coefficient (Wildman–Crippen LogP) is 2.93. The van der Waals surface area contributed by atoms with Gasteiger partial charge in [0.2, 0.25) is 21.8 Å². The first-order valence-electron chi connectivity index (χ1n) is 11.2. The van der Waals surface area contributed by atoms with Gasteiger partial charge in [-0.2, -0.15) is 0 Å². The first-order valence-corrected chi connectivity index (χ1v) is 13.9. The van der Waals surface area contributed by atoms with Crippen molar-refractivity contribution in [1.29, 1.82) is 0 Å². The molecule has 1 aliphatic rings. The van der Waals surface area contributed by atoms with E-state index in [-0.39, 0.29) is 37.7 Å². The molecular formula is C24H30BrN3O6S. The number of anilines is 1. The molecule has 2 amide bonds. The number of rotatable bonds is 10. The van der Waals surface area contributed by atoms with Crippen LogP contribution >= 0.6 is 15.9 Å². The van der Waals surface area contributed by atoms with E-state index in [0.717, 1.165) is 16.3 Å². The molecule has 0 spiro atoms. The molecule has 2 aromatic carbocycles. The highest BCUT2D eigenvalue weighted by Crippen LogP contribution is 2.34. The van der Waals surface area contributed by atoms with Gasteiger partial charge < -0.3 is 19.7 Å². The van der Waals surface area contributed by atoms with Gasteiger partial charge >= 0.3 is 0 Å². The molecular weight excluding hydrogens is 538 g/mol. The molecule has 0 unspecified atom stereocenters. The lowest BCUT2D eigenvalue weighted by atomic mass is 10.1. The number of hydrogen-bond donors (Lipinski definition) is 1. The second-order valence-corrected chi connectivity index (χ2v) is 11.0. The fourth-order valence-electron chi connectivity index (χ4n) is 3.81. The zero-order valence-corrected chi connectivity index (χ0v) is 22.4. The Morgan fingerprint density at radius 3 is 2.49 bits per heavy atom. The third-order valence-corrected chi connectivity index (χ3v) is 7.31. The van der Waals surface area contributed by atoms with Gasteiger partial charge in [-0.25, -0.2) is 8.42 Å². The van der Waals surface area contributed by atoms with Gasteiger partial charge in [0.1, 0.15) is 19.3 Å². The van der Waals surface area contributed by atoms with E-state index < -0.39 is 16.1 Å². The fourth-order valence-corrected chi connectivity index (χ4v) is 5.22. The molecule has 0 radical (unpaired) electrons. The second kappa shape index (κ2) is 11.8. The van der Waals surface area contributed by atoms with Gasteiger partial charge in [0.05, 0.1) is 11.9 Å². The van der Waals surface area contributed by atoms with Crippen LogP contribution in [0.2, 0.25) is 0 Å². The van der Waals surface area contributed by atoms with Gasteiger partial charge in [-0.15, -0.1) is 0 Å². The maximum Gasteiger partial charge on any atom is 0.242 e. The maximum atomic E-state index is 13.2. The van der Waals surface area contributed by atoms with E-state index in [1.807, 2.05) is 24.3 Å².